The summed E-state index contributed by atoms with van der Waals surface area (Å²) in [6, 6.07) is 9.97. The molecule has 2 aromatic rings. The van der Waals surface area contributed by atoms with E-state index < -0.39 is 6.03 Å². The lowest BCUT2D eigenvalue weighted by molar-refractivity contribution is 0.262. The molecule has 0 radical (unpaired) electrons. The van der Waals surface area contributed by atoms with Crippen LogP contribution >= 0.6 is 0 Å². The van der Waals surface area contributed by atoms with Crippen LogP contribution in [0.5, 0.6) is 11.5 Å². The molecule has 0 heterocycles. The van der Waals surface area contributed by atoms with Crippen molar-refractivity contribution in [3.63, 3.8) is 0 Å². The summed E-state index contributed by atoms with van der Waals surface area (Å²) in [7, 11) is 0. The third-order valence-corrected chi connectivity index (χ3v) is 2.33. The zero-order valence-corrected chi connectivity index (χ0v) is 9.92. The predicted octanol–water partition coefficient (Wildman–Crippen LogP) is 2.32. The van der Waals surface area contributed by atoms with E-state index in [2.05, 4.69) is 10.6 Å². The maximum Gasteiger partial charge on any atom is 0.323 e. The van der Waals surface area contributed by atoms with Crippen LogP contribution in [-0.2, 0) is 0 Å². The first kappa shape index (κ1) is 12.6. The number of rotatable bonds is 2. The highest BCUT2D eigenvalue weighted by atomic mass is 16.3. The van der Waals surface area contributed by atoms with Gasteiger partial charge < -0.3 is 26.6 Å². The number of urea groups is 1. The monoisotopic (exact) mass is 259 g/mol. The summed E-state index contributed by atoms with van der Waals surface area (Å²) in [5.41, 5.74) is 6.99. The molecule has 6 nitrogen and oxygen atoms in total. The van der Waals surface area contributed by atoms with Gasteiger partial charge in [0.1, 0.15) is 11.5 Å². The van der Waals surface area contributed by atoms with Gasteiger partial charge >= 0.3 is 6.03 Å². The molecule has 2 aromatic carbocycles. The molecule has 0 aliphatic rings. The van der Waals surface area contributed by atoms with Crippen LogP contribution in [0.25, 0.3) is 0 Å². The minimum Gasteiger partial charge on any atom is -0.508 e. The zero-order valence-electron chi connectivity index (χ0n) is 9.92. The number of nitrogens with one attached hydrogen (secondary N) is 2. The van der Waals surface area contributed by atoms with E-state index in [0.717, 1.165) is 0 Å². The van der Waals surface area contributed by atoms with Gasteiger partial charge in [0, 0.05) is 35.3 Å². The van der Waals surface area contributed by atoms with E-state index in [1.54, 1.807) is 24.3 Å². The summed E-state index contributed by atoms with van der Waals surface area (Å²) in [6.07, 6.45) is 0. The van der Waals surface area contributed by atoms with Gasteiger partial charge in [-0.2, -0.15) is 0 Å². The predicted molar refractivity (Wildman–Crippen MR) is 73.3 cm³/mol. The van der Waals surface area contributed by atoms with Gasteiger partial charge in [0.15, 0.2) is 0 Å². The fourth-order valence-electron chi connectivity index (χ4n) is 1.53. The molecule has 19 heavy (non-hydrogen) atoms. The van der Waals surface area contributed by atoms with Gasteiger partial charge in [-0.05, 0) is 24.3 Å². The van der Waals surface area contributed by atoms with Gasteiger partial charge in [0.05, 0.1) is 0 Å². The van der Waals surface area contributed by atoms with Crippen LogP contribution in [0.1, 0.15) is 0 Å². The lowest BCUT2D eigenvalue weighted by Crippen LogP contribution is -2.19. The number of phenolic OH excluding ortho intramolecular Hbond substituents is 2. The summed E-state index contributed by atoms with van der Waals surface area (Å²) >= 11 is 0. The van der Waals surface area contributed by atoms with Crippen molar-refractivity contribution in [2.75, 3.05) is 16.4 Å². The molecule has 6 N–H and O–H groups in total. The second kappa shape index (κ2) is 5.18. The van der Waals surface area contributed by atoms with E-state index in [-0.39, 0.29) is 17.2 Å². The SMILES string of the molecule is Nc1ccc(NC(=O)Nc2cc(O)cc(O)c2)cc1. The molecule has 0 aromatic heterocycles. The average Bonchev–Trinajstić information content (AvgIpc) is 2.30. The Morgan fingerprint density at radius 3 is 2.00 bits per heavy atom. The molecule has 0 fully saturated rings. The molecule has 0 saturated carbocycles. The minimum absolute atomic E-state index is 0.136. The molecular weight excluding hydrogens is 246 g/mol. The van der Waals surface area contributed by atoms with E-state index in [1.807, 2.05) is 0 Å². The van der Waals surface area contributed by atoms with Crippen molar-refractivity contribution in [3.8, 4) is 11.5 Å². The summed E-state index contributed by atoms with van der Waals surface area (Å²) in [4.78, 5) is 11.7. The molecule has 0 saturated heterocycles. The minimum atomic E-state index is -0.491. The van der Waals surface area contributed by atoms with Crippen molar-refractivity contribution in [2.24, 2.45) is 0 Å². The largest absolute Gasteiger partial charge is 0.508 e. The third-order valence-electron chi connectivity index (χ3n) is 2.33. The van der Waals surface area contributed by atoms with Crippen molar-refractivity contribution in [2.45, 2.75) is 0 Å². The highest BCUT2D eigenvalue weighted by molar-refractivity contribution is 6.00. The van der Waals surface area contributed by atoms with Crippen LogP contribution in [0.3, 0.4) is 0 Å². The molecule has 6 heteroatoms. The lowest BCUT2D eigenvalue weighted by Gasteiger charge is -2.08. The number of nitrogen functional groups attached to an aromatic ring is 1. The Labute approximate surface area is 109 Å². The highest BCUT2D eigenvalue weighted by Crippen LogP contribution is 2.24. The normalized spacial score (nSPS) is 9.89. The first-order valence-electron chi connectivity index (χ1n) is 5.49. The summed E-state index contributed by atoms with van der Waals surface area (Å²) in [6.45, 7) is 0. The van der Waals surface area contributed by atoms with E-state index in [0.29, 0.717) is 11.4 Å². The zero-order chi connectivity index (χ0) is 13.8. The number of hydrogen-bond donors (Lipinski definition) is 5. The Bertz CT molecular complexity index is 576. The Morgan fingerprint density at radius 2 is 1.42 bits per heavy atom. The van der Waals surface area contributed by atoms with Gasteiger partial charge in [-0.25, -0.2) is 4.79 Å². The Balaban J connectivity index is 2.03. The average molecular weight is 259 g/mol. The molecule has 0 atom stereocenters. The fourth-order valence-corrected chi connectivity index (χ4v) is 1.53. The van der Waals surface area contributed by atoms with Crippen LogP contribution < -0.4 is 16.4 Å². The molecule has 0 aliphatic heterocycles. The van der Waals surface area contributed by atoms with E-state index in [1.165, 1.54) is 18.2 Å². The number of nitrogens with two attached hydrogens (primary N) is 1. The smallest absolute Gasteiger partial charge is 0.323 e. The molecule has 2 amide bonds. The molecule has 98 valence electrons. The van der Waals surface area contributed by atoms with Crippen molar-refractivity contribution < 1.29 is 15.0 Å². The van der Waals surface area contributed by atoms with Crippen LogP contribution in [0.2, 0.25) is 0 Å². The maximum atomic E-state index is 11.7. The summed E-state index contributed by atoms with van der Waals surface area (Å²) < 4.78 is 0. The van der Waals surface area contributed by atoms with Crippen LogP contribution in [0.4, 0.5) is 21.9 Å². The quantitative estimate of drug-likeness (QED) is 0.533. The fraction of sp³-hybridized carbons (Fsp3) is 0. The van der Waals surface area contributed by atoms with Crippen molar-refractivity contribution in [1.29, 1.82) is 0 Å². The number of hydrogen-bond acceptors (Lipinski definition) is 4. The van der Waals surface area contributed by atoms with Gasteiger partial charge in [-0.1, -0.05) is 0 Å². The van der Waals surface area contributed by atoms with Gasteiger partial charge in [-0.15, -0.1) is 0 Å². The number of aromatic hydroxyl groups is 2. The molecular formula is C13H13N3O3. The molecule has 0 aliphatic carbocycles. The third kappa shape index (κ3) is 3.53. The van der Waals surface area contributed by atoms with Crippen LogP contribution in [-0.4, -0.2) is 16.2 Å². The molecule has 0 bridgehead atoms. The van der Waals surface area contributed by atoms with Crippen molar-refractivity contribution in [1.82, 2.24) is 0 Å². The number of carbonyl (C=O) groups excluding carboxylic acids is 1. The number of phenols is 2. The van der Waals surface area contributed by atoms with Crippen molar-refractivity contribution >= 4 is 23.1 Å². The Morgan fingerprint density at radius 1 is 0.895 bits per heavy atom. The molecule has 0 spiro atoms. The topological polar surface area (TPSA) is 108 Å². The maximum absolute atomic E-state index is 11.7. The summed E-state index contributed by atoms with van der Waals surface area (Å²) in [5.74, 6) is -0.273. The Hall–Kier alpha value is -2.89. The second-order valence-electron chi connectivity index (χ2n) is 3.94. The number of amides is 2. The standard InChI is InChI=1S/C13H13N3O3/c14-8-1-3-9(4-2-8)15-13(19)16-10-5-11(17)7-12(18)6-10/h1-7,17-18H,14H2,(H2,15,16,19). The van der Waals surface area contributed by atoms with Gasteiger partial charge in [-0.3, -0.25) is 0 Å². The molecule has 2 rings (SSSR count). The van der Waals surface area contributed by atoms with E-state index in [4.69, 9.17) is 5.73 Å². The van der Waals surface area contributed by atoms with Gasteiger partial charge in [0.2, 0.25) is 0 Å². The summed E-state index contributed by atoms with van der Waals surface area (Å²) in [5, 5.41) is 23.6. The number of benzene rings is 2. The number of carbonyl (C=O) groups is 1. The molecule has 0 unspecified atom stereocenters. The highest BCUT2D eigenvalue weighted by Gasteiger charge is 2.04. The van der Waals surface area contributed by atoms with E-state index >= 15 is 0 Å². The first-order valence-corrected chi connectivity index (χ1v) is 5.49. The van der Waals surface area contributed by atoms with Crippen molar-refractivity contribution in [3.05, 3.63) is 42.5 Å². The van der Waals surface area contributed by atoms with Crippen LogP contribution in [0, 0.1) is 0 Å². The lowest BCUT2D eigenvalue weighted by atomic mass is 10.3. The second-order valence-corrected chi connectivity index (χ2v) is 3.94. The first-order chi connectivity index (χ1) is 9.02. The van der Waals surface area contributed by atoms with E-state index in [9.17, 15) is 15.0 Å². The number of anilines is 3. The van der Waals surface area contributed by atoms with Crippen LogP contribution in [0.15, 0.2) is 42.5 Å². The van der Waals surface area contributed by atoms with Gasteiger partial charge in [0.25, 0.3) is 0 Å². The Kier molecular flexibility index (Phi) is 3.42.